The van der Waals surface area contributed by atoms with Gasteiger partial charge in [-0.3, -0.25) is 0 Å². The van der Waals surface area contributed by atoms with Crippen LogP contribution in [0.3, 0.4) is 0 Å². The van der Waals surface area contributed by atoms with Gasteiger partial charge in [0.25, 0.3) is 0 Å². The van der Waals surface area contributed by atoms with Crippen LogP contribution >= 0.6 is 0 Å². The van der Waals surface area contributed by atoms with Crippen molar-refractivity contribution in [1.29, 1.82) is 0 Å². The molecule has 0 aliphatic rings. The first-order valence-corrected chi connectivity index (χ1v) is 4.66. The van der Waals surface area contributed by atoms with Crippen molar-refractivity contribution in [2.24, 2.45) is 0 Å². The van der Waals surface area contributed by atoms with Gasteiger partial charge in [-0.25, -0.2) is 0 Å². The fraction of sp³-hybridized carbons (Fsp3) is 1.00. The minimum absolute atomic E-state index is 0.558. The van der Waals surface area contributed by atoms with Crippen molar-refractivity contribution in [3.8, 4) is 0 Å². The quantitative estimate of drug-likeness (QED) is 0.585. The van der Waals surface area contributed by atoms with Gasteiger partial charge >= 0.3 is 57.5 Å². The molecule has 0 aliphatic carbocycles. The minimum atomic E-state index is -3.08. The molecule has 0 amide bonds. The van der Waals surface area contributed by atoms with Gasteiger partial charge in [-0.15, -0.1) is 0 Å². The second-order valence-electron chi connectivity index (χ2n) is 1.76. The van der Waals surface area contributed by atoms with Crippen molar-refractivity contribution >= 4 is 14.5 Å². The number of hydrogen-bond acceptors (Lipinski definition) is 3. The van der Waals surface area contributed by atoms with Crippen LogP contribution in [-0.4, -0.2) is 36.0 Å². The van der Waals surface area contributed by atoms with Gasteiger partial charge in [0.05, 0.1) is 0 Å². The van der Waals surface area contributed by atoms with E-state index < -0.39 is 26.7 Å². The predicted octanol–water partition coefficient (Wildman–Crippen LogP) is -0.820. The zero-order valence-corrected chi connectivity index (χ0v) is 6.99. The summed E-state index contributed by atoms with van der Waals surface area (Å²) in [6.07, 6.45) is -1.25. The Labute approximate surface area is 58.2 Å². The summed E-state index contributed by atoms with van der Waals surface area (Å²) in [4.78, 5) is 0. The summed E-state index contributed by atoms with van der Waals surface area (Å²) in [5.41, 5.74) is 0. The van der Waals surface area contributed by atoms with Crippen molar-refractivity contribution < 1.29 is 16.9 Å². The molecule has 9 heavy (non-hydrogen) atoms. The van der Waals surface area contributed by atoms with Crippen molar-refractivity contribution in [1.82, 2.24) is 0 Å². The van der Waals surface area contributed by atoms with Gasteiger partial charge in [-0.2, -0.15) is 0 Å². The Morgan fingerprint density at radius 3 is 2.11 bits per heavy atom. The van der Waals surface area contributed by atoms with Gasteiger partial charge in [0, 0.05) is 0 Å². The maximum atomic E-state index is 9.99. The van der Waals surface area contributed by atoms with Crippen LogP contribution in [0.15, 0.2) is 0 Å². The number of aliphatic hydroxyl groups is 1. The zero-order valence-electron chi connectivity index (χ0n) is 5.27. The molecule has 5 heteroatoms. The number of hydrogen-bond donors (Lipinski definition) is 2. The summed E-state index contributed by atoms with van der Waals surface area (Å²) in [6.45, 7) is 3.04. The molecule has 0 saturated carbocycles. The van der Waals surface area contributed by atoms with E-state index in [0.29, 0.717) is 0 Å². The molecule has 0 spiro atoms. The van der Waals surface area contributed by atoms with Crippen molar-refractivity contribution in [2.75, 3.05) is 0 Å². The molecule has 0 bridgehead atoms. The summed E-state index contributed by atoms with van der Waals surface area (Å²) < 4.78 is 22.6. The Morgan fingerprint density at radius 1 is 1.56 bits per heavy atom. The second-order valence-corrected chi connectivity index (χ2v) is 3.07. The maximum absolute atomic E-state index is 9.99. The number of aliphatic hydroxyl groups excluding tert-OH is 1. The molecule has 0 heterocycles. The van der Waals surface area contributed by atoms with E-state index in [-0.39, 0.29) is 0 Å². The molecule has 0 aromatic heterocycles. The van der Waals surface area contributed by atoms with Gasteiger partial charge in [0.15, 0.2) is 0 Å². The third kappa shape index (κ3) is 4.69. The fourth-order valence-electron chi connectivity index (χ4n) is 0.210. The van der Waals surface area contributed by atoms with Gasteiger partial charge in [-0.1, -0.05) is 0 Å². The van der Waals surface area contributed by atoms with E-state index in [1.54, 1.807) is 0 Å². The Kier molecular flexibility index (Phi) is 4.18. The molecule has 0 saturated heterocycles. The summed E-state index contributed by atoms with van der Waals surface area (Å²) in [5.74, 6) is 0. The Morgan fingerprint density at radius 2 is 2.00 bits per heavy atom. The van der Waals surface area contributed by atoms with E-state index in [0.717, 1.165) is 0 Å². The summed E-state index contributed by atoms with van der Waals surface area (Å²) in [6, 6.07) is 0. The monoisotopic (exact) mass is 202 g/mol. The van der Waals surface area contributed by atoms with Crippen LogP contribution in [-0.2, 0) is 7.65 Å². The van der Waals surface area contributed by atoms with Gasteiger partial charge in [-0.05, 0) is 0 Å². The van der Waals surface area contributed by atoms with Gasteiger partial charge < -0.3 is 0 Å². The average Bonchev–Trinajstić information content (AvgIpc) is 1.63. The SMILES string of the molecule is CC(O)C(C)O[Se](=O)O. The van der Waals surface area contributed by atoms with Gasteiger partial charge in [0.1, 0.15) is 0 Å². The fourth-order valence-corrected chi connectivity index (χ4v) is 1.09. The zero-order chi connectivity index (χ0) is 7.44. The first-order valence-electron chi connectivity index (χ1n) is 2.50. The molecular formula is C4H10O4Se. The summed E-state index contributed by atoms with van der Waals surface area (Å²) >= 11 is -3.08. The molecule has 0 rings (SSSR count). The molecule has 56 valence electrons. The van der Waals surface area contributed by atoms with Gasteiger partial charge in [0.2, 0.25) is 0 Å². The van der Waals surface area contributed by atoms with E-state index in [1.165, 1.54) is 13.8 Å². The molecule has 3 unspecified atom stereocenters. The molecule has 2 N–H and O–H groups in total. The summed E-state index contributed by atoms with van der Waals surface area (Å²) in [5, 5.41) is 8.71. The Hall–Kier alpha value is 0.199. The van der Waals surface area contributed by atoms with Crippen LogP contribution in [0.1, 0.15) is 13.8 Å². The molecular weight excluding hydrogens is 191 g/mol. The predicted molar refractivity (Wildman–Crippen MR) is 30.9 cm³/mol. The van der Waals surface area contributed by atoms with E-state index in [4.69, 9.17) is 9.30 Å². The second kappa shape index (κ2) is 4.09. The molecule has 3 atom stereocenters. The molecule has 0 aliphatic heterocycles. The van der Waals surface area contributed by atoms with Crippen LogP contribution in [0, 0.1) is 0 Å². The topological polar surface area (TPSA) is 66.8 Å². The van der Waals surface area contributed by atoms with E-state index >= 15 is 0 Å². The standard InChI is InChI=1S/C4H10O4Se/c1-3(5)4(2)8-9(6)7/h3-5H,1-2H3,(H,6,7). The molecule has 4 nitrogen and oxygen atoms in total. The van der Waals surface area contributed by atoms with Crippen molar-refractivity contribution in [3.63, 3.8) is 0 Å². The molecule has 0 aromatic rings. The van der Waals surface area contributed by atoms with Crippen molar-refractivity contribution in [3.05, 3.63) is 0 Å². The third-order valence-electron chi connectivity index (χ3n) is 0.913. The van der Waals surface area contributed by atoms with Crippen LogP contribution in [0.2, 0.25) is 0 Å². The average molecular weight is 201 g/mol. The first kappa shape index (κ1) is 9.20. The third-order valence-corrected chi connectivity index (χ3v) is 1.90. The Balaban J connectivity index is 3.50. The van der Waals surface area contributed by atoms with Crippen molar-refractivity contribution in [2.45, 2.75) is 26.1 Å². The van der Waals surface area contributed by atoms with Crippen LogP contribution in [0.5, 0.6) is 0 Å². The summed E-state index contributed by atoms with van der Waals surface area (Å²) in [7, 11) is 0. The molecule has 0 radical (unpaired) electrons. The first-order chi connectivity index (χ1) is 4.04. The van der Waals surface area contributed by atoms with Crippen LogP contribution in [0.25, 0.3) is 0 Å². The molecule has 0 fully saturated rings. The normalized spacial score (nSPS) is 20.9. The Bertz CT molecular complexity index is 103. The number of rotatable bonds is 3. The van der Waals surface area contributed by atoms with Crippen LogP contribution < -0.4 is 0 Å². The molecule has 0 aromatic carbocycles. The van der Waals surface area contributed by atoms with Crippen LogP contribution in [0.4, 0.5) is 0 Å². The van der Waals surface area contributed by atoms with E-state index in [9.17, 15) is 3.83 Å². The van der Waals surface area contributed by atoms with E-state index in [1.807, 2.05) is 0 Å². The van der Waals surface area contributed by atoms with E-state index in [2.05, 4.69) is 3.82 Å².